The Morgan fingerprint density at radius 1 is 1.08 bits per heavy atom. The van der Waals surface area contributed by atoms with Crippen LogP contribution in [0.4, 0.5) is 8.78 Å². The van der Waals surface area contributed by atoms with Crippen LogP contribution in [0.2, 0.25) is 0 Å². The van der Waals surface area contributed by atoms with Gasteiger partial charge in [-0.1, -0.05) is 13.8 Å². The van der Waals surface area contributed by atoms with E-state index in [1.54, 1.807) is 0 Å². The van der Waals surface area contributed by atoms with E-state index in [0.717, 1.165) is 12.6 Å². The highest BCUT2D eigenvalue weighted by Crippen LogP contribution is 2.63. The number of aliphatic hydroxyl groups is 1. The topological polar surface area (TPSA) is 54.4 Å². The zero-order valence-corrected chi connectivity index (χ0v) is 15.0. The van der Waals surface area contributed by atoms with Crippen molar-refractivity contribution >= 4 is 12.6 Å². The van der Waals surface area contributed by atoms with Gasteiger partial charge in [-0.2, -0.15) is 8.78 Å². The Hall–Kier alpha value is -1.10. The molecule has 7 atom stereocenters. The van der Waals surface area contributed by atoms with Gasteiger partial charge in [-0.25, -0.2) is 0 Å². The third-order valence-electron chi connectivity index (χ3n) is 7.90. The largest absolute Gasteiger partial charge is 0.393 e. The zero-order valence-electron chi connectivity index (χ0n) is 15.0. The van der Waals surface area contributed by atoms with Crippen LogP contribution in [0.25, 0.3) is 0 Å². The van der Waals surface area contributed by atoms with Gasteiger partial charge in [0.1, 0.15) is 12.6 Å². The van der Waals surface area contributed by atoms with Crippen LogP contribution < -0.4 is 0 Å². The van der Waals surface area contributed by atoms with E-state index in [9.17, 15) is 23.5 Å². The second-order valence-corrected chi connectivity index (χ2v) is 8.84. The van der Waals surface area contributed by atoms with Gasteiger partial charge in [-0.05, 0) is 67.6 Å². The van der Waals surface area contributed by atoms with E-state index in [4.69, 9.17) is 0 Å². The molecule has 3 aliphatic rings. The molecule has 140 valence electrons. The van der Waals surface area contributed by atoms with E-state index < -0.39 is 17.6 Å². The molecule has 3 nitrogen and oxygen atoms in total. The number of allylic oxidation sites excluding steroid dienone is 1. The quantitative estimate of drug-likeness (QED) is 0.775. The molecule has 0 aromatic rings. The molecule has 2 unspecified atom stereocenters. The van der Waals surface area contributed by atoms with Crippen molar-refractivity contribution in [3.8, 4) is 0 Å². The molecule has 5 heteroatoms. The molecule has 0 aliphatic heterocycles. The minimum atomic E-state index is -1.58. The molecule has 3 fully saturated rings. The second kappa shape index (κ2) is 6.57. The van der Waals surface area contributed by atoms with Gasteiger partial charge in [0.2, 0.25) is 0 Å². The zero-order chi connectivity index (χ0) is 18.4. The maximum absolute atomic E-state index is 13.4. The predicted molar refractivity (Wildman–Crippen MR) is 89.9 cm³/mol. The molecule has 25 heavy (non-hydrogen) atoms. The van der Waals surface area contributed by atoms with Crippen LogP contribution in [0.3, 0.4) is 0 Å². The molecule has 0 heterocycles. The molecule has 1 N–H and O–H groups in total. The van der Waals surface area contributed by atoms with Gasteiger partial charge in [0.05, 0.1) is 6.10 Å². The first-order valence-electron chi connectivity index (χ1n) is 9.41. The lowest BCUT2D eigenvalue weighted by Gasteiger charge is -2.54. The number of hydrogen-bond acceptors (Lipinski definition) is 3. The van der Waals surface area contributed by atoms with Crippen LogP contribution in [0, 0.1) is 34.5 Å². The summed E-state index contributed by atoms with van der Waals surface area (Å²) in [6.45, 7) is 3.94. The maximum Gasteiger partial charge on any atom is 0.270 e. The number of carbonyl (C=O) groups excluding carboxylic acids is 2. The summed E-state index contributed by atoms with van der Waals surface area (Å²) >= 11 is 0. The lowest BCUT2D eigenvalue weighted by Crippen LogP contribution is -2.51. The molecule has 3 rings (SSSR count). The SMILES string of the molecule is C[C@]12CCC([C@@]3(C)CC[C@H](O)C[C@@H]3C=O)[C@@H](C=O)C1CCC2=C(F)F. The lowest BCUT2D eigenvalue weighted by atomic mass is 9.49. The second-order valence-electron chi connectivity index (χ2n) is 8.84. The molecular weight excluding hydrogens is 326 g/mol. The highest BCUT2D eigenvalue weighted by molar-refractivity contribution is 5.59. The molecule has 0 amide bonds. The highest BCUT2D eigenvalue weighted by atomic mass is 19.3. The Morgan fingerprint density at radius 3 is 2.40 bits per heavy atom. The monoisotopic (exact) mass is 354 g/mol. The van der Waals surface area contributed by atoms with Crippen molar-refractivity contribution in [2.75, 3.05) is 0 Å². The average Bonchev–Trinajstić information content (AvgIpc) is 2.93. The van der Waals surface area contributed by atoms with Gasteiger partial charge in [0.15, 0.2) is 0 Å². The van der Waals surface area contributed by atoms with Gasteiger partial charge in [-0.3, -0.25) is 0 Å². The summed E-state index contributed by atoms with van der Waals surface area (Å²) in [7, 11) is 0. The van der Waals surface area contributed by atoms with Crippen LogP contribution in [-0.2, 0) is 9.59 Å². The minimum Gasteiger partial charge on any atom is -0.393 e. The van der Waals surface area contributed by atoms with Gasteiger partial charge >= 0.3 is 0 Å². The van der Waals surface area contributed by atoms with Crippen LogP contribution >= 0.6 is 0 Å². The first-order valence-corrected chi connectivity index (χ1v) is 9.41. The summed E-state index contributed by atoms with van der Waals surface area (Å²) in [5.41, 5.74) is -0.699. The third-order valence-corrected chi connectivity index (χ3v) is 7.90. The molecule has 0 aromatic carbocycles. The van der Waals surface area contributed by atoms with E-state index in [1.807, 2.05) is 6.92 Å². The highest BCUT2D eigenvalue weighted by Gasteiger charge is 2.58. The number of aldehydes is 2. The summed E-state index contributed by atoms with van der Waals surface area (Å²) in [5, 5.41) is 9.93. The Morgan fingerprint density at radius 2 is 1.80 bits per heavy atom. The summed E-state index contributed by atoms with van der Waals surface area (Å²) in [5.74, 6) is -0.621. The molecule has 0 saturated heterocycles. The van der Waals surface area contributed by atoms with Crippen molar-refractivity contribution in [2.45, 2.75) is 64.9 Å². The molecule has 3 aliphatic carbocycles. The van der Waals surface area contributed by atoms with Crippen LogP contribution in [0.1, 0.15) is 58.8 Å². The Bertz CT molecular complexity index is 585. The fourth-order valence-corrected chi connectivity index (χ4v) is 6.29. The van der Waals surface area contributed by atoms with E-state index in [2.05, 4.69) is 6.92 Å². The van der Waals surface area contributed by atoms with Crippen molar-refractivity contribution < 1.29 is 23.5 Å². The number of halogens is 2. The average molecular weight is 354 g/mol. The van der Waals surface area contributed by atoms with E-state index >= 15 is 0 Å². The standard InChI is InChI=1S/C20H28F2O3/c1-19(7-5-13(25)9-12(19)10-23)16-6-8-20(2)15(14(16)11-24)3-4-17(20)18(21)22/h10-16,25H,3-9H2,1-2H3/t12-,13+,14+,15?,16?,19+,20+/m1/s1. The molecule has 0 aromatic heterocycles. The Labute approximate surface area is 147 Å². The van der Waals surface area contributed by atoms with E-state index in [1.165, 1.54) is 0 Å². The minimum absolute atomic E-state index is 0.0211. The van der Waals surface area contributed by atoms with Gasteiger partial charge < -0.3 is 14.7 Å². The summed E-state index contributed by atoms with van der Waals surface area (Å²) in [4.78, 5) is 23.7. The van der Waals surface area contributed by atoms with Gasteiger partial charge in [0, 0.05) is 17.4 Å². The number of carbonyl (C=O) groups is 2. The lowest BCUT2D eigenvalue weighted by molar-refractivity contribution is -0.135. The van der Waals surface area contributed by atoms with Crippen molar-refractivity contribution in [1.82, 2.24) is 0 Å². The van der Waals surface area contributed by atoms with Crippen LogP contribution in [0.5, 0.6) is 0 Å². The summed E-state index contributed by atoms with van der Waals surface area (Å²) in [6, 6.07) is 0. The number of hydrogen-bond donors (Lipinski definition) is 1. The van der Waals surface area contributed by atoms with E-state index in [0.29, 0.717) is 44.9 Å². The molecular formula is C20H28F2O3. The van der Waals surface area contributed by atoms with Crippen LogP contribution in [0.15, 0.2) is 11.7 Å². The Balaban J connectivity index is 1.94. The van der Waals surface area contributed by atoms with Crippen molar-refractivity contribution in [1.29, 1.82) is 0 Å². The molecule has 0 bridgehead atoms. The van der Waals surface area contributed by atoms with Crippen LogP contribution in [-0.4, -0.2) is 23.8 Å². The van der Waals surface area contributed by atoms with Gasteiger partial charge in [-0.15, -0.1) is 0 Å². The smallest absolute Gasteiger partial charge is 0.270 e. The number of fused-ring (bicyclic) bond motifs is 1. The molecule has 3 saturated carbocycles. The normalized spacial score (nSPS) is 47.2. The van der Waals surface area contributed by atoms with Gasteiger partial charge in [0.25, 0.3) is 6.08 Å². The summed E-state index contributed by atoms with van der Waals surface area (Å²) in [6.07, 6.45) is 3.94. The third kappa shape index (κ3) is 2.79. The molecule has 0 spiro atoms. The fourth-order valence-electron chi connectivity index (χ4n) is 6.29. The molecule has 0 radical (unpaired) electrons. The van der Waals surface area contributed by atoms with Crippen molar-refractivity contribution in [3.05, 3.63) is 11.7 Å². The van der Waals surface area contributed by atoms with E-state index in [-0.39, 0.29) is 34.7 Å². The number of aliphatic hydroxyl groups excluding tert-OH is 1. The predicted octanol–water partition coefficient (Wildman–Crippen LogP) is 4.14. The van der Waals surface area contributed by atoms with Crippen molar-refractivity contribution in [2.24, 2.45) is 34.5 Å². The first-order chi connectivity index (χ1) is 11.8. The summed E-state index contributed by atoms with van der Waals surface area (Å²) < 4.78 is 26.8. The first kappa shape index (κ1) is 18.7. The maximum atomic E-state index is 13.4. The fraction of sp³-hybridized carbons (Fsp3) is 0.800. The Kier molecular flexibility index (Phi) is 4.91. The number of rotatable bonds is 3. The van der Waals surface area contributed by atoms with Crippen molar-refractivity contribution in [3.63, 3.8) is 0 Å².